The molecule has 1 aliphatic rings. The van der Waals surface area contributed by atoms with Crippen LogP contribution in [0.1, 0.15) is 68.5 Å². The fraction of sp³-hybridized carbons (Fsp3) is 0.190. The molecule has 6 rings (SSSR count). The van der Waals surface area contributed by atoms with Crippen LogP contribution in [0.25, 0.3) is 6.08 Å². The molecule has 2 atom stereocenters. The third kappa shape index (κ3) is 9.28. The normalized spacial score (nSPS) is 14.4. The van der Waals surface area contributed by atoms with E-state index in [9.17, 15) is 23.6 Å². The topological polar surface area (TPSA) is 114 Å². The van der Waals surface area contributed by atoms with Crippen LogP contribution < -0.4 is 16.0 Å². The molecule has 0 radical (unpaired) electrons. The van der Waals surface area contributed by atoms with Gasteiger partial charge in [-0.2, -0.15) is 0 Å². The maximum atomic E-state index is 14.7. The van der Waals surface area contributed by atoms with Crippen molar-refractivity contribution in [2.45, 2.75) is 49.2 Å². The van der Waals surface area contributed by atoms with Crippen molar-refractivity contribution in [3.63, 3.8) is 0 Å². The van der Waals surface area contributed by atoms with Crippen LogP contribution in [0.5, 0.6) is 0 Å². The molecule has 3 N–H and O–H groups in total. The van der Waals surface area contributed by atoms with E-state index in [-0.39, 0.29) is 28.8 Å². The zero-order valence-electron chi connectivity index (χ0n) is 29.5. The molecule has 1 aliphatic carbocycles. The van der Waals surface area contributed by atoms with E-state index in [0.29, 0.717) is 39.0 Å². The molecule has 8 nitrogen and oxygen atoms in total. The van der Waals surface area contributed by atoms with E-state index in [0.717, 1.165) is 23.3 Å². The zero-order chi connectivity index (χ0) is 38.2. The summed E-state index contributed by atoms with van der Waals surface area (Å²) < 4.78 is 20.2. The van der Waals surface area contributed by atoms with Gasteiger partial charge in [-0.15, -0.1) is 23.1 Å². The number of carbonyl (C=O) groups is 4. The van der Waals surface area contributed by atoms with Crippen molar-refractivity contribution in [3.05, 3.63) is 152 Å². The molecule has 54 heavy (non-hydrogen) atoms. The number of halogens is 2. The minimum atomic E-state index is -0.714. The number of carbonyl (C=O) groups excluding carboxylic acids is 4. The van der Waals surface area contributed by atoms with Crippen LogP contribution in [0.2, 0.25) is 5.02 Å². The Morgan fingerprint density at radius 1 is 0.963 bits per heavy atom. The number of hydrogen-bond donors (Lipinski definition) is 3. The SMILES string of the molecule is CCOC(=O)c1c(NC(=O)C(C)Sc2cccc(NC(=O)/C(=C\c3c(F)cccc3Cl)NC(=O)c3ccccc3)c2)sc2c1CCC(c1ccccc1)C2. The lowest BCUT2D eigenvalue weighted by molar-refractivity contribution is -0.115. The van der Waals surface area contributed by atoms with Gasteiger partial charge in [-0.1, -0.05) is 72.3 Å². The van der Waals surface area contributed by atoms with Gasteiger partial charge in [0, 0.05) is 26.6 Å². The molecule has 2 unspecified atom stereocenters. The lowest BCUT2D eigenvalue weighted by Crippen LogP contribution is -2.30. The summed E-state index contributed by atoms with van der Waals surface area (Å²) in [5, 5.41) is 8.31. The molecule has 3 amide bonds. The highest BCUT2D eigenvalue weighted by molar-refractivity contribution is 8.00. The molecule has 0 saturated heterocycles. The van der Waals surface area contributed by atoms with E-state index in [2.05, 4.69) is 28.1 Å². The van der Waals surface area contributed by atoms with Crippen molar-refractivity contribution < 1.29 is 28.3 Å². The van der Waals surface area contributed by atoms with Gasteiger partial charge in [0.15, 0.2) is 0 Å². The molecular weight excluding hydrogens is 745 g/mol. The van der Waals surface area contributed by atoms with E-state index in [1.54, 1.807) is 68.4 Å². The first-order valence-electron chi connectivity index (χ1n) is 17.4. The third-order valence-electron chi connectivity index (χ3n) is 8.84. The lowest BCUT2D eigenvalue weighted by Gasteiger charge is -2.23. The molecule has 1 heterocycles. The Kier molecular flexibility index (Phi) is 12.6. The fourth-order valence-corrected chi connectivity index (χ4v) is 8.62. The first-order chi connectivity index (χ1) is 26.1. The van der Waals surface area contributed by atoms with E-state index >= 15 is 0 Å². The van der Waals surface area contributed by atoms with Gasteiger partial charge >= 0.3 is 5.97 Å². The summed E-state index contributed by atoms with van der Waals surface area (Å²) in [6.45, 7) is 3.73. The number of amides is 3. The summed E-state index contributed by atoms with van der Waals surface area (Å²) in [5.74, 6) is -2.37. The number of anilines is 2. The maximum Gasteiger partial charge on any atom is 0.341 e. The molecule has 1 aromatic heterocycles. The number of esters is 1. The van der Waals surface area contributed by atoms with Crippen LogP contribution in [0.4, 0.5) is 15.1 Å². The van der Waals surface area contributed by atoms with Gasteiger partial charge in [0.05, 0.1) is 22.4 Å². The Hall–Kier alpha value is -5.23. The highest BCUT2D eigenvalue weighted by Crippen LogP contribution is 2.43. The monoisotopic (exact) mass is 781 g/mol. The predicted octanol–water partition coefficient (Wildman–Crippen LogP) is 9.52. The number of nitrogens with one attached hydrogen (secondary N) is 3. The molecule has 0 saturated carbocycles. The number of fused-ring (bicyclic) bond motifs is 1. The second kappa shape index (κ2) is 17.7. The van der Waals surface area contributed by atoms with Crippen molar-refractivity contribution in [3.8, 4) is 0 Å². The summed E-state index contributed by atoms with van der Waals surface area (Å²) in [6, 6.07) is 29.6. The van der Waals surface area contributed by atoms with E-state index in [1.807, 2.05) is 18.2 Å². The molecule has 12 heteroatoms. The van der Waals surface area contributed by atoms with Crippen molar-refractivity contribution in [1.29, 1.82) is 0 Å². The molecule has 0 aliphatic heterocycles. The van der Waals surface area contributed by atoms with Crippen LogP contribution >= 0.6 is 34.7 Å². The molecule has 0 fully saturated rings. The summed E-state index contributed by atoms with van der Waals surface area (Å²) >= 11 is 8.94. The predicted molar refractivity (Wildman–Crippen MR) is 214 cm³/mol. The average molecular weight is 782 g/mol. The Morgan fingerprint density at radius 3 is 2.41 bits per heavy atom. The number of rotatable bonds is 12. The summed E-state index contributed by atoms with van der Waals surface area (Å²) in [6.07, 6.45) is 3.56. The molecule has 4 aromatic carbocycles. The van der Waals surface area contributed by atoms with Crippen molar-refractivity contribution in [2.75, 3.05) is 17.2 Å². The number of ether oxygens (including phenoxy) is 1. The number of benzene rings is 4. The molecule has 276 valence electrons. The Bertz CT molecular complexity index is 2190. The summed E-state index contributed by atoms with van der Waals surface area (Å²) in [5.41, 5.74) is 3.01. The van der Waals surface area contributed by atoms with Crippen LogP contribution in [0.15, 0.2) is 114 Å². The molecular formula is C42H37ClFN3O5S2. The Labute approximate surface area is 326 Å². The highest BCUT2D eigenvalue weighted by Gasteiger charge is 2.31. The summed E-state index contributed by atoms with van der Waals surface area (Å²) in [7, 11) is 0. The fourth-order valence-electron chi connectivity index (χ4n) is 6.16. The molecule has 0 bridgehead atoms. The molecule has 5 aromatic rings. The number of thiophene rings is 1. The quantitative estimate of drug-likeness (QED) is 0.0661. The Balaban J connectivity index is 1.17. The number of hydrogen-bond acceptors (Lipinski definition) is 7. The van der Waals surface area contributed by atoms with Gasteiger partial charge < -0.3 is 20.7 Å². The molecule has 0 spiro atoms. The van der Waals surface area contributed by atoms with Gasteiger partial charge in [-0.05, 0) is 98.7 Å². The van der Waals surface area contributed by atoms with Gasteiger partial charge in [0.25, 0.3) is 11.8 Å². The largest absolute Gasteiger partial charge is 0.462 e. The zero-order valence-corrected chi connectivity index (χ0v) is 31.9. The van der Waals surface area contributed by atoms with Gasteiger partial charge in [-0.25, -0.2) is 9.18 Å². The maximum absolute atomic E-state index is 14.7. The average Bonchev–Trinajstić information content (AvgIpc) is 3.53. The smallest absolute Gasteiger partial charge is 0.341 e. The third-order valence-corrected chi connectivity index (χ3v) is 11.4. The number of thioether (sulfide) groups is 1. The van der Waals surface area contributed by atoms with Crippen molar-refractivity contribution in [2.24, 2.45) is 0 Å². The second-order valence-electron chi connectivity index (χ2n) is 12.5. The standard InChI is InChI=1S/C42H37ClFN3O5S2/c1-3-52-42(51)37-31-21-20-28(26-12-6-4-7-13-26)22-36(31)54-41(37)47-38(48)25(2)53-30-17-10-16-29(23-30)45-40(50)35(24-32-33(43)18-11-19-34(32)44)46-39(49)27-14-8-5-9-15-27/h4-19,23-25,28H,3,20-22H2,1-2H3,(H,45,50)(H,46,49)(H,47,48)/b35-24+. The second-order valence-corrected chi connectivity index (χ2v) is 15.5. The van der Waals surface area contributed by atoms with E-state index in [4.69, 9.17) is 16.3 Å². The van der Waals surface area contributed by atoms with Crippen LogP contribution in [0.3, 0.4) is 0 Å². The summed E-state index contributed by atoms with van der Waals surface area (Å²) in [4.78, 5) is 55.2. The first kappa shape index (κ1) is 38.5. The Morgan fingerprint density at radius 2 is 1.69 bits per heavy atom. The minimum Gasteiger partial charge on any atom is -0.462 e. The van der Waals surface area contributed by atoms with E-state index in [1.165, 1.54) is 52.9 Å². The highest BCUT2D eigenvalue weighted by atomic mass is 35.5. The van der Waals surface area contributed by atoms with Crippen LogP contribution in [0, 0.1) is 5.82 Å². The van der Waals surface area contributed by atoms with Gasteiger partial charge in [0.1, 0.15) is 16.5 Å². The lowest BCUT2D eigenvalue weighted by atomic mass is 9.83. The van der Waals surface area contributed by atoms with E-state index < -0.39 is 28.9 Å². The first-order valence-corrected chi connectivity index (χ1v) is 19.5. The minimum absolute atomic E-state index is 0.0597. The van der Waals surface area contributed by atoms with Gasteiger partial charge in [-0.3, -0.25) is 14.4 Å². The van der Waals surface area contributed by atoms with Crippen LogP contribution in [-0.2, 0) is 27.2 Å². The van der Waals surface area contributed by atoms with Crippen molar-refractivity contribution >= 4 is 75.2 Å². The van der Waals surface area contributed by atoms with Crippen LogP contribution in [-0.4, -0.2) is 35.5 Å². The van der Waals surface area contributed by atoms with Crippen molar-refractivity contribution in [1.82, 2.24) is 5.32 Å². The van der Waals surface area contributed by atoms with Gasteiger partial charge in [0.2, 0.25) is 5.91 Å².